The van der Waals surface area contributed by atoms with E-state index in [-0.39, 0.29) is 0 Å². The molecule has 0 radical (unpaired) electrons. The van der Waals surface area contributed by atoms with Crippen LogP contribution in [-0.2, 0) is 19.4 Å². The summed E-state index contributed by atoms with van der Waals surface area (Å²) >= 11 is 3.82. The Kier molecular flexibility index (Phi) is 4.87. The van der Waals surface area contributed by atoms with E-state index >= 15 is 0 Å². The van der Waals surface area contributed by atoms with Crippen LogP contribution in [0.25, 0.3) is 0 Å². The van der Waals surface area contributed by atoms with Crippen molar-refractivity contribution in [1.29, 1.82) is 0 Å². The molecule has 3 nitrogen and oxygen atoms in total. The fraction of sp³-hybridized carbons (Fsp3) is 0.647. The highest BCUT2D eigenvalue weighted by atomic mass is 79.9. The van der Waals surface area contributed by atoms with Crippen molar-refractivity contribution in [1.82, 2.24) is 10.2 Å². The summed E-state index contributed by atoms with van der Waals surface area (Å²) in [5, 5.41) is 3.42. The average Bonchev–Trinajstić information content (AvgIpc) is 2.54. The molecular weight excluding hydrogens is 328 g/mol. The molecule has 4 heteroatoms. The Morgan fingerprint density at radius 1 is 1.14 bits per heavy atom. The zero-order chi connectivity index (χ0) is 14.8. The topological polar surface area (TPSA) is 24.5 Å². The zero-order valence-electron chi connectivity index (χ0n) is 13.1. The van der Waals surface area contributed by atoms with E-state index in [2.05, 4.69) is 33.1 Å². The molecule has 1 aliphatic carbocycles. The number of fused-ring (bicyclic) bond motifs is 1. The van der Waals surface area contributed by atoms with Gasteiger partial charge < -0.3 is 10.1 Å². The summed E-state index contributed by atoms with van der Waals surface area (Å²) in [5.41, 5.74) is 5.90. The highest BCUT2D eigenvalue weighted by Gasteiger charge is 2.24. The molecule has 0 atom stereocenters. The van der Waals surface area contributed by atoms with Crippen molar-refractivity contribution in [3.63, 3.8) is 0 Å². The quantitative estimate of drug-likeness (QED) is 0.904. The van der Waals surface area contributed by atoms with Crippen LogP contribution in [0.1, 0.15) is 35.1 Å². The Labute approximate surface area is 136 Å². The van der Waals surface area contributed by atoms with Gasteiger partial charge in [-0.15, -0.1) is 0 Å². The van der Waals surface area contributed by atoms with Crippen LogP contribution in [-0.4, -0.2) is 38.2 Å². The van der Waals surface area contributed by atoms with E-state index in [0.717, 1.165) is 38.5 Å². The van der Waals surface area contributed by atoms with Gasteiger partial charge in [0.1, 0.15) is 5.75 Å². The Bertz CT molecular complexity index is 524. The van der Waals surface area contributed by atoms with Crippen molar-refractivity contribution in [2.75, 3.05) is 33.3 Å². The molecule has 0 bridgehead atoms. The molecule has 1 aliphatic heterocycles. The third kappa shape index (κ3) is 2.99. The molecule has 1 saturated heterocycles. The van der Waals surface area contributed by atoms with Gasteiger partial charge in [-0.1, -0.05) is 0 Å². The zero-order valence-corrected chi connectivity index (χ0v) is 14.7. The molecular formula is C17H25BrN2O. The Morgan fingerprint density at radius 3 is 2.48 bits per heavy atom. The second-order valence-electron chi connectivity index (χ2n) is 6.14. The molecule has 0 unspecified atom stereocenters. The van der Waals surface area contributed by atoms with Crippen molar-refractivity contribution in [2.24, 2.45) is 0 Å². The standard InChI is InChI=1S/C17H25BrN2O/c1-12-13-5-3-4-6-14(13)16(18)17(21-2)15(12)11-20-9-7-19-8-10-20/h19H,3-11H2,1-2H3. The lowest BCUT2D eigenvalue weighted by atomic mass is 9.85. The molecule has 116 valence electrons. The summed E-state index contributed by atoms with van der Waals surface area (Å²) in [4.78, 5) is 2.53. The first kappa shape index (κ1) is 15.3. The smallest absolute Gasteiger partial charge is 0.138 e. The Hall–Kier alpha value is -0.580. The highest BCUT2D eigenvalue weighted by molar-refractivity contribution is 9.10. The van der Waals surface area contributed by atoms with Crippen LogP contribution in [0, 0.1) is 6.92 Å². The SMILES string of the molecule is COc1c(Br)c2c(c(C)c1CN1CCNCC1)CCCC2. The maximum atomic E-state index is 5.78. The normalized spacial score (nSPS) is 19.4. The van der Waals surface area contributed by atoms with Crippen molar-refractivity contribution in [3.8, 4) is 5.75 Å². The lowest BCUT2D eigenvalue weighted by Gasteiger charge is -2.31. The van der Waals surface area contributed by atoms with E-state index in [1.807, 2.05) is 0 Å². The number of hydrogen-bond donors (Lipinski definition) is 1. The molecule has 1 aromatic carbocycles. The van der Waals surface area contributed by atoms with Crippen LogP contribution < -0.4 is 10.1 Å². The van der Waals surface area contributed by atoms with Gasteiger partial charge in [0.2, 0.25) is 0 Å². The number of ether oxygens (including phenoxy) is 1. The Balaban J connectivity index is 1.99. The van der Waals surface area contributed by atoms with E-state index < -0.39 is 0 Å². The number of hydrogen-bond acceptors (Lipinski definition) is 3. The van der Waals surface area contributed by atoms with Gasteiger partial charge in [-0.25, -0.2) is 0 Å². The lowest BCUT2D eigenvalue weighted by Crippen LogP contribution is -2.43. The van der Waals surface area contributed by atoms with Gasteiger partial charge in [-0.3, -0.25) is 4.90 Å². The van der Waals surface area contributed by atoms with E-state index in [4.69, 9.17) is 4.74 Å². The summed E-state index contributed by atoms with van der Waals surface area (Å²) < 4.78 is 6.98. The molecule has 3 rings (SSSR count). The van der Waals surface area contributed by atoms with Gasteiger partial charge in [0, 0.05) is 38.3 Å². The average molecular weight is 353 g/mol. The fourth-order valence-corrected chi connectivity index (χ4v) is 4.52. The third-order valence-electron chi connectivity index (χ3n) is 4.91. The van der Waals surface area contributed by atoms with E-state index in [1.54, 1.807) is 12.7 Å². The fourth-order valence-electron chi connectivity index (χ4n) is 3.68. The summed E-state index contributed by atoms with van der Waals surface area (Å²) in [5.74, 6) is 1.06. The van der Waals surface area contributed by atoms with Gasteiger partial charge in [-0.05, 0) is 65.2 Å². The first-order chi connectivity index (χ1) is 10.2. The maximum Gasteiger partial charge on any atom is 0.138 e. The summed E-state index contributed by atoms with van der Waals surface area (Å²) in [6.07, 6.45) is 5.02. The van der Waals surface area contributed by atoms with Crippen molar-refractivity contribution >= 4 is 15.9 Å². The molecule has 0 saturated carbocycles. The van der Waals surface area contributed by atoms with Gasteiger partial charge in [0.05, 0.1) is 11.6 Å². The first-order valence-corrected chi connectivity index (χ1v) is 8.81. The highest BCUT2D eigenvalue weighted by Crippen LogP contribution is 2.41. The number of nitrogens with one attached hydrogen (secondary N) is 1. The van der Waals surface area contributed by atoms with Crippen LogP contribution in [0.5, 0.6) is 5.75 Å². The van der Waals surface area contributed by atoms with Crippen LogP contribution in [0.3, 0.4) is 0 Å². The first-order valence-electron chi connectivity index (χ1n) is 8.02. The number of methoxy groups -OCH3 is 1. The van der Waals surface area contributed by atoms with Crippen molar-refractivity contribution in [2.45, 2.75) is 39.2 Å². The van der Waals surface area contributed by atoms with Gasteiger partial charge >= 0.3 is 0 Å². The van der Waals surface area contributed by atoms with Crippen LogP contribution in [0.15, 0.2) is 4.47 Å². The van der Waals surface area contributed by atoms with Gasteiger partial charge in [0.15, 0.2) is 0 Å². The minimum atomic E-state index is 1.00. The largest absolute Gasteiger partial charge is 0.495 e. The summed E-state index contributed by atoms with van der Waals surface area (Å²) in [6, 6.07) is 0. The molecule has 21 heavy (non-hydrogen) atoms. The van der Waals surface area contributed by atoms with Crippen LogP contribution >= 0.6 is 15.9 Å². The minimum absolute atomic E-state index is 1.00. The molecule has 1 heterocycles. The number of nitrogens with zero attached hydrogens (tertiary/aromatic N) is 1. The maximum absolute atomic E-state index is 5.78. The molecule has 1 fully saturated rings. The summed E-state index contributed by atoms with van der Waals surface area (Å²) in [6.45, 7) is 7.72. The predicted octanol–water partition coefficient (Wildman–Crippen LogP) is 3.05. The third-order valence-corrected chi connectivity index (χ3v) is 5.75. The van der Waals surface area contributed by atoms with Crippen LogP contribution in [0.4, 0.5) is 0 Å². The monoisotopic (exact) mass is 352 g/mol. The van der Waals surface area contributed by atoms with E-state index in [1.165, 1.54) is 46.8 Å². The van der Waals surface area contributed by atoms with Gasteiger partial charge in [-0.2, -0.15) is 0 Å². The Morgan fingerprint density at radius 2 is 1.81 bits per heavy atom. The molecule has 1 N–H and O–H groups in total. The predicted molar refractivity (Wildman–Crippen MR) is 90.2 cm³/mol. The number of halogens is 1. The van der Waals surface area contributed by atoms with Crippen molar-refractivity contribution in [3.05, 3.63) is 26.7 Å². The second kappa shape index (κ2) is 6.67. The molecule has 0 amide bonds. The van der Waals surface area contributed by atoms with E-state index in [9.17, 15) is 0 Å². The molecule has 0 aromatic heterocycles. The molecule has 0 spiro atoms. The number of rotatable bonds is 3. The second-order valence-corrected chi connectivity index (χ2v) is 6.93. The molecule has 2 aliphatic rings. The van der Waals surface area contributed by atoms with Crippen molar-refractivity contribution < 1.29 is 4.74 Å². The number of benzene rings is 1. The minimum Gasteiger partial charge on any atom is -0.495 e. The van der Waals surface area contributed by atoms with E-state index in [0.29, 0.717) is 0 Å². The number of piperazine rings is 1. The summed E-state index contributed by atoms with van der Waals surface area (Å²) in [7, 11) is 1.80. The molecule has 1 aromatic rings. The lowest BCUT2D eigenvalue weighted by molar-refractivity contribution is 0.229. The van der Waals surface area contributed by atoms with Crippen LogP contribution in [0.2, 0.25) is 0 Å². The van der Waals surface area contributed by atoms with Gasteiger partial charge in [0.25, 0.3) is 0 Å².